The van der Waals surface area contributed by atoms with Crippen LogP contribution < -0.4 is 0 Å². The van der Waals surface area contributed by atoms with Gasteiger partial charge < -0.3 is 23.6 Å². The van der Waals surface area contributed by atoms with Crippen LogP contribution in [0.1, 0.15) is 194 Å². The fourth-order valence-corrected chi connectivity index (χ4v) is 7.11. The van der Waals surface area contributed by atoms with Crippen molar-refractivity contribution in [2.24, 2.45) is 0 Å². The number of ether oxygens (including phenoxy) is 3. The van der Waals surface area contributed by atoms with E-state index < -0.39 is 13.9 Å². The molecule has 0 aromatic rings. The van der Waals surface area contributed by atoms with E-state index in [-0.39, 0.29) is 38.4 Å². The van der Waals surface area contributed by atoms with E-state index in [1.54, 1.807) is 0 Å². The minimum atomic E-state index is -4.26. The van der Waals surface area contributed by atoms with Crippen LogP contribution >= 0.6 is 7.82 Å². The summed E-state index contributed by atoms with van der Waals surface area (Å²) in [6.07, 6.45) is 30.8. The Labute approximate surface area is 331 Å². The number of esters is 1. The van der Waals surface area contributed by atoms with Crippen LogP contribution in [-0.2, 0) is 42.4 Å². The zero-order chi connectivity index (χ0) is 39.6. The lowest BCUT2D eigenvalue weighted by Gasteiger charge is -2.24. The Hall–Kier alpha value is -0.620. The van der Waals surface area contributed by atoms with Crippen LogP contribution in [0.3, 0.4) is 0 Å². The first-order valence-corrected chi connectivity index (χ1v) is 23.7. The molecular formula is C42H85NO10P+. The van der Waals surface area contributed by atoms with E-state index in [1.807, 2.05) is 21.1 Å². The Morgan fingerprint density at radius 1 is 0.611 bits per heavy atom. The molecule has 1 N–H and O–H groups in total. The van der Waals surface area contributed by atoms with Gasteiger partial charge in [-0.2, -0.15) is 0 Å². The van der Waals surface area contributed by atoms with Crippen LogP contribution in [0, 0.1) is 0 Å². The molecule has 0 spiro atoms. The number of rotatable bonds is 40. The maximum Gasteiger partial charge on any atom is 0.472 e. The summed E-state index contributed by atoms with van der Waals surface area (Å²) >= 11 is 0. The number of carbonyl (C=O) groups is 1. The molecular weight excluding hydrogens is 709 g/mol. The molecule has 0 aliphatic carbocycles. The SMILES string of the molecule is CCCCCCCCCCCCCCCC(=O)OC[C@H](COP(=O)(O)OCC[N+](C)(C)C)OCCCCCCCCC1OOC(CCCCCCCC)O1. The number of quaternary nitrogens is 1. The summed E-state index contributed by atoms with van der Waals surface area (Å²) in [5, 5.41) is 0. The summed E-state index contributed by atoms with van der Waals surface area (Å²) < 4.78 is 40.9. The van der Waals surface area contributed by atoms with Crippen molar-refractivity contribution in [1.82, 2.24) is 0 Å². The van der Waals surface area contributed by atoms with Crippen molar-refractivity contribution < 1.29 is 51.8 Å². The minimum Gasteiger partial charge on any atom is -0.463 e. The lowest BCUT2D eigenvalue weighted by Crippen LogP contribution is -2.37. The molecule has 1 rings (SSSR count). The van der Waals surface area contributed by atoms with E-state index in [0.29, 0.717) is 24.1 Å². The molecule has 1 heterocycles. The van der Waals surface area contributed by atoms with Gasteiger partial charge in [0.1, 0.15) is 25.9 Å². The molecule has 12 heteroatoms. The van der Waals surface area contributed by atoms with Gasteiger partial charge in [-0.05, 0) is 25.7 Å². The Morgan fingerprint density at radius 2 is 1.06 bits per heavy atom. The first kappa shape index (κ1) is 51.4. The van der Waals surface area contributed by atoms with Crippen molar-refractivity contribution in [1.29, 1.82) is 0 Å². The number of phosphoric acid groups is 1. The van der Waals surface area contributed by atoms with E-state index in [1.165, 1.54) is 96.3 Å². The van der Waals surface area contributed by atoms with Gasteiger partial charge in [0, 0.05) is 25.9 Å². The van der Waals surface area contributed by atoms with Crippen LogP contribution in [0.2, 0.25) is 0 Å². The van der Waals surface area contributed by atoms with E-state index >= 15 is 0 Å². The van der Waals surface area contributed by atoms with Crippen molar-refractivity contribution in [2.75, 3.05) is 54.1 Å². The highest BCUT2D eigenvalue weighted by atomic mass is 31.2. The topological polar surface area (TPSA) is 119 Å². The summed E-state index contributed by atoms with van der Waals surface area (Å²) in [5.41, 5.74) is 0. The number of likely N-dealkylation sites (N-methyl/N-ethyl adjacent to an activating group) is 1. The fourth-order valence-electron chi connectivity index (χ4n) is 6.37. The second-order valence-corrected chi connectivity index (χ2v) is 17.9. The smallest absolute Gasteiger partial charge is 0.463 e. The highest BCUT2D eigenvalue weighted by molar-refractivity contribution is 7.47. The van der Waals surface area contributed by atoms with Gasteiger partial charge in [-0.3, -0.25) is 13.8 Å². The van der Waals surface area contributed by atoms with E-state index in [0.717, 1.165) is 77.0 Å². The molecule has 0 radical (unpaired) electrons. The minimum absolute atomic E-state index is 0.0228. The molecule has 0 amide bonds. The highest BCUT2D eigenvalue weighted by Crippen LogP contribution is 2.43. The lowest BCUT2D eigenvalue weighted by molar-refractivity contribution is -0.870. The van der Waals surface area contributed by atoms with Gasteiger partial charge >= 0.3 is 13.8 Å². The molecule has 1 fully saturated rings. The second kappa shape index (κ2) is 34.4. The normalized spacial score (nSPS) is 17.9. The van der Waals surface area contributed by atoms with E-state index in [9.17, 15) is 14.3 Å². The molecule has 1 aliphatic rings. The summed E-state index contributed by atoms with van der Waals surface area (Å²) in [6, 6.07) is 0. The first-order valence-electron chi connectivity index (χ1n) is 22.2. The van der Waals surface area contributed by atoms with Gasteiger partial charge in [-0.25, -0.2) is 14.3 Å². The van der Waals surface area contributed by atoms with Crippen LogP contribution in [-0.4, -0.2) is 88.1 Å². The van der Waals surface area contributed by atoms with Crippen LogP contribution in [0.15, 0.2) is 0 Å². The fraction of sp³-hybridized carbons (Fsp3) is 0.976. The number of hydrogen-bond acceptors (Lipinski definition) is 9. The van der Waals surface area contributed by atoms with Crippen molar-refractivity contribution in [3.8, 4) is 0 Å². The number of hydrogen-bond donors (Lipinski definition) is 1. The Kier molecular flexibility index (Phi) is 32.8. The zero-order valence-electron chi connectivity index (χ0n) is 35.6. The summed E-state index contributed by atoms with van der Waals surface area (Å²) in [7, 11) is 1.67. The Balaban J connectivity index is 2.23. The maximum absolute atomic E-state index is 12.5. The largest absolute Gasteiger partial charge is 0.472 e. The average molecular weight is 795 g/mol. The zero-order valence-corrected chi connectivity index (χ0v) is 36.5. The van der Waals surface area contributed by atoms with Crippen molar-refractivity contribution in [3.63, 3.8) is 0 Å². The van der Waals surface area contributed by atoms with Gasteiger partial charge in [-0.15, -0.1) is 0 Å². The first-order chi connectivity index (χ1) is 26.0. The lowest BCUT2D eigenvalue weighted by atomic mass is 10.0. The molecule has 0 bridgehead atoms. The molecule has 1 saturated heterocycles. The third-order valence-electron chi connectivity index (χ3n) is 9.91. The molecule has 0 aromatic heterocycles. The number of nitrogens with zero attached hydrogens (tertiary/aromatic N) is 1. The highest BCUT2D eigenvalue weighted by Gasteiger charge is 2.27. The number of phosphoric ester groups is 1. The molecule has 4 atom stereocenters. The van der Waals surface area contributed by atoms with Gasteiger partial charge in [0.25, 0.3) is 0 Å². The molecule has 1 aliphatic heterocycles. The van der Waals surface area contributed by atoms with Gasteiger partial charge in [0.05, 0.1) is 27.7 Å². The number of unbranched alkanes of at least 4 members (excludes halogenated alkanes) is 22. The Bertz CT molecular complexity index is 905. The quantitative estimate of drug-likeness (QED) is 0.0211. The summed E-state index contributed by atoms with van der Waals surface area (Å²) in [6.45, 7) is 5.37. The molecule has 0 aromatic carbocycles. The van der Waals surface area contributed by atoms with Crippen molar-refractivity contribution in [3.05, 3.63) is 0 Å². The monoisotopic (exact) mass is 795 g/mol. The summed E-state index contributed by atoms with van der Waals surface area (Å²) in [5.74, 6) is -0.272. The standard InChI is InChI=1S/C42H84NO10P/c1-6-8-10-12-14-15-16-17-18-19-20-23-27-31-40(44)48-37-39(38-50-54(45,46)49-36-34-43(3,4)5)47-35-30-26-22-21-25-29-33-42-51-41(52-53-42)32-28-24-13-11-9-7-2/h39,41-42H,6-38H2,1-5H3/p+1/t39-,41?,42?/m1/s1. The molecule has 11 nitrogen and oxygen atoms in total. The third kappa shape index (κ3) is 33.5. The van der Waals surface area contributed by atoms with Gasteiger partial charge in [0.15, 0.2) is 12.6 Å². The molecule has 322 valence electrons. The van der Waals surface area contributed by atoms with Crippen LogP contribution in [0.5, 0.6) is 0 Å². The maximum atomic E-state index is 12.5. The van der Waals surface area contributed by atoms with E-state index in [2.05, 4.69) is 13.8 Å². The molecule has 54 heavy (non-hydrogen) atoms. The predicted molar refractivity (Wildman–Crippen MR) is 217 cm³/mol. The summed E-state index contributed by atoms with van der Waals surface area (Å²) in [4.78, 5) is 33.5. The van der Waals surface area contributed by atoms with Crippen molar-refractivity contribution >= 4 is 13.8 Å². The van der Waals surface area contributed by atoms with Gasteiger partial charge in [0.2, 0.25) is 0 Å². The second-order valence-electron chi connectivity index (χ2n) is 16.4. The molecule has 3 unspecified atom stereocenters. The Morgan fingerprint density at radius 3 is 1.54 bits per heavy atom. The van der Waals surface area contributed by atoms with Crippen LogP contribution in [0.4, 0.5) is 0 Å². The van der Waals surface area contributed by atoms with Crippen molar-refractivity contribution in [2.45, 2.75) is 212 Å². The third-order valence-corrected chi connectivity index (χ3v) is 10.9. The van der Waals surface area contributed by atoms with Gasteiger partial charge in [-0.1, -0.05) is 149 Å². The predicted octanol–water partition coefficient (Wildman–Crippen LogP) is 11.3. The molecule has 0 saturated carbocycles. The van der Waals surface area contributed by atoms with E-state index in [4.69, 9.17) is 33.0 Å². The van der Waals surface area contributed by atoms with Crippen LogP contribution in [0.25, 0.3) is 0 Å². The average Bonchev–Trinajstić information content (AvgIpc) is 3.58. The number of carbonyl (C=O) groups excluding carboxylic acids is 1.